The average Bonchev–Trinajstić information content (AvgIpc) is 2.62. The molecule has 0 saturated carbocycles. The second kappa shape index (κ2) is 10.7. The molecule has 0 saturated heterocycles. The molecule has 0 aliphatic heterocycles. The largest absolute Gasteiger partial charge is 0.490 e. The van der Waals surface area contributed by atoms with Crippen LogP contribution in [0.3, 0.4) is 0 Å². The van der Waals surface area contributed by atoms with Crippen molar-refractivity contribution >= 4 is 0 Å². The Morgan fingerprint density at radius 2 is 1.56 bits per heavy atom. The first-order valence-electron chi connectivity index (χ1n) is 9.01. The topological polar surface area (TPSA) is 41.9 Å². The normalized spacial score (nSPS) is 12.2. The molecule has 0 radical (unpaired) electrons. The summed E-state index contributed by atoms with van der Waals surface area (Å²) in [5.41, 5.74) is 1.26. The molecular formula is C21H29NO3. The van der Waals surface area contributed by atoms with Gasteiger partial charge >= 0.3 is 0 Å². The van der Waals surface area contributed by atoms with Crippen molar-refractivity contribution in [2.24, 2.45) is 0 Å². The molecule has 1 unspecified atom stereocenters. The molecule has 0 spiro atoms. The number of benzene rings is 2. The van der Waals surface area contributed by atoms with Crippen molar-refractivity contribution in [3.63, 3.8) is 0 Å². The van der Waals surface area contributed by atoms with E-state index < -0.39 is 6.10 Å². The second-order valence-corrected chi connectivity index (χ2v) is 6.07. The van der Waals surface area contributed by atoms with Crippen molar-refractivity contribution in [3.05, 3.63) is 60.2 Å². The van der Waals surface area contributed by atoms with Gasteiger partial charge in [-0.25, -0.2) is 0 Å². The first-order chi connectivity index (χ1) is 12.2. The lowest BCUT2D eigenvalue weighted by molar-refractivity contribution is 0.0644. The fourth-order valence-electron chi connectivity index (χ4n) is 2.77. The fraction of sp³-hybridized carbons (Fsp3) is 0.429. The summed E-state index contributed by atoms with van der Waals surface area (Å²) in [4.78, 5) is 2.26. The predicted octanol–water partition coefficient (Wildman–Crippen LogP) is 3.74. The molecule has 136 valence electrons. The second-order valence-electron chi connectivity index (χ2n) is 6.07. The van der Waals surface area contributed by atoms with E-state index in [1.54, 1.807) is 0 Å². The van der Waals surface area contributed by atoms with Crippen molar-refractivity contribution in [2.75, 3.05) is 26.3 Å². The molecule has 0 amide bonds. The van der Waals surface area contributed by atoms with Gasteiger partial charge in [0.15, 0.2) is 11.5 Å². The van der Waals surface area contributed by atoms with Crippen molar-refractivity contribution in [1.82, 2.24) is 4.90 Å². The highest BCUT2D eigenvalue weighted by atomic mass is 16.5. The standard InChI is InChI=1S/C21H29NO3/c1-3-14-22(15-18-10-6-5-7-11-18)16-19(23)17-25-21-13-9-8-12-20(21)24-4-2/h5-13,19,23H,3-4,14-17H2,1-2H3. The van der Waals surface area contributed by atoms with Crippen LogP contribution in [-0.4, -0.2) is 42.4 Å². The summed E-state index contributed by atoms with van der Waals surface area (Å²) in [6, 6.07) is 17.9. The molecule has 4 heteroatoms. The number of rotatable bonds is 11. The first kappa shape index (κ1) is 19.3. The van der Waals surface area contributed by atoms with E-state index in [2.05, 4.69) is 24.0 Å². The third-order valence-corrected chi connectivity index (χ3v) is 3.84. The van der Waals surface area contributed by atoms with Gasteiger partial charge in [-0.1, -0.05) is 49.4 Å². The molecule has 1 atom stereocenters. The SMILES string of the molecule is CCCN(Cc1ccccc1)CC(O)COc1ccccc1OCC. The van der Waals surface area contributed by atoms with Crippen molar-refractivity contribution in [1.29, 1.82) is 0 Å². The molecule has 25 heavy (non-hydrogen) atoms. The Balaban J connectivity index is 1.87. The number of aliphatic hydroxyl groups excluding tert-OH is 1. The summed E-state index contributed by atoms with van der Waals surface area (Å²) in [7, 11) is 0. The summed E-state index contributed by atoms with van der Waals surface area (Å²) in [6.07, 6.45) is 0.498. The molecule has 0 bridgehead atoms. The highest BCUT2D eigenvalue weighted by Crippen LogP contribution is 2.26. The van der Waals surface area contributed by atoms with Crippen molar-refractivity contribution in [2.45, 2.75) is 32.9 Å². The molecule has 0 aromatic heterocycles. The van der Waals surface area contributed by atoms with Crippen LogP contribution in [0.25, 0.3) is 0 Å². The summed E-state index contributed by atoms with van der Waals surface area (Å²) >= 11 is 0. The van der Waals surface area contributed by atoms with Crippen LogP contribution in [0, 0.1) is 0 Å². The zero-order chi connectivity index (χ0) is 17.9. The average molecular weight is 343 g/mol. The van der Waals surface area contributed by atoms with Gasteiger partial charge in [-0.2, -0.15) is 0 Å². The van der Waals surface area contributed by atoms with E-state index >= 15 is 0 Å². The Labute approximate surface area is 151 Å². The Morgan fingerprint density at radius 3 is 2.20 bits per heavy atom. The van der Waals surface area contributed by atoms with E-state index in [9.17, 15) is 5.11 Å². The Kier molecular flexibility index (Phi) is 8.29. The minimum atomic E-state index is -0.551. The zero-order valence-electron chi connectivity index (χ0n) is 15.2. The van der Waals surface area contributed by atoms with Crippen molar-refractivity contribution < 1.29 is 14.6 Å². The number of hydrogen-bond donors (Lipinski definition) is 1. The van der Waals surface area contributed by atoms with Gasteiger partial charge in [-0.15, -0.1) is 0 Å². The smallest absolute Gasteiger partial charge is 0.161 e. The number of aliphatic hydroxyl groups is 1. The van der Waals surface area contributed by atoms with Crippen molar-refractivity contribution in [3.8, 4) is 11.5 Å². The number of nitrogens with zero attached hydrogens (tertiary/aromatic N) is 1. The van der Waals surface area contributed by atoms with Gasteiger partial charge in [0.05, 0.1) is 6.61 Å². The summed E-state index contributed by atoms with van der Waals surface area (Å²) in [6.45, 7) is 7.29. The lowest BCUT2D eigenvalue weighted by atomic mass is 10.2. The molecule has 4 nitrogen and oxygen atoms in total. The molecule has 0 aliphatic carbocycles. The summed E-state index contributed by atoms with van der Waals surface area (Å²) in [5.74, 6) is 1.39. The maximum absolute atomic E-state index is 10.4. The van der Waals surface area contributed by atoms with Crippen LogP contribution in [0.5, 0.6) is 11.5 Å². The minimum Gasteiger partial charge on any atom is -0.490 e. The van der Waals surface area contributed by atoms with E-state index in [0.29, 0.717) is 24.7 Å². The van der Waals surface area contributed by atoms with Gasteiger partial charge in [0.2, 0.25) is 0 Å². The maximum Gasteiger partial charge on any atom is 0.161 e. The van der Waals surface area contributed by atoms with Gasteiger partial charge < -0.3 is 14.6 Å². The van der Waals surface area contributed by atoms with E-state index in [0.717, 1.165) is 19.5 Å². The van der Waals surface area contributed by atoms with Gasteiger partial charge in [-0.05, 0) is 37.6 Å². The quantitative estimate of drug-likeness (QED) is 0.675. The molecule has 2 aromatic carbocycles. The lowest BCUT2D eigenvalue weighted by Gasteiger charge is -2.25. The van der Waals surface area contributed by atoms with E-state index in [-0.39, 0.29) is 6.61 Å². The minimum absolute atomic E-state index is 0.249. The van der Waals surface area contributed by atoms with Crippen LogP contribution in [0.15, 0.2) is 54.6 Å². The number of ether oxygens (including phenoxy) is 2. The van der Waals surface area contributed by atoms with Gasteiger partial charge in [0.1, 0.15) is 12.7 Å². The molecule has 0 fully saturated rings. The summed E-state index contributed by atoms with van der Waals surface area (Å²) in [5, 5.41) is 10.4. The van der Waals surface area contributed by atoms with E-state index in [1.807, 2.05) is 49.4 Å². The van der Waals surface area contributed by atoms with E-state index in [4.69, 9.17) is 9.47 Å². The molecule has 2 rings (SSSR count). The Hall–Kier alpha value is -2.04. The van der Waals surface area contributed by atoms with Crippen LogP contribution in [0.4, 0.5) is 0 Å². The molecule has 0 aliphatic rings. The van der Waals surface area contributed by atoms with Gasteiger partial charge in [-0.3, -0.25) is 4.90 Å². The Morgan fingerprint density at radius 1 is 0.920 bits per heavy atom. The van der Waals surface area contributed by atoms with Gasteiger partial charge in [0, 0.05) is 13.1 Å². The number of hydrogen-bond acceptors (Lipinski definition) is 4. The highest BCUT2D eigenvalue weighted by molar-refractivity contribution is 5.39. The zero-order valence-corrected chi connectivity index (χ0v) is 15.2. The van der Waals surface area contributed by atoms with Crippen LogP contribution in [0.1, 0.15) is 25.8 Å². The Bertz CT molecular complexity index is 603. The molecule has 1 N–H and O–H groups in total. The molecule has 2 aromatic rings. The fourth-order valence-corrected chi connectivity index (χ4v) is 2.77. The monoisotopic (exact) mass is 343 g/mol. The van der Waals surface area contributed by atoms with Gasteiger partial charge in [0.25, 0.3) is 0 Å². The predicted molar refractivity (Wildman–Crippen MR) is 101 cm³/mol. The third kappa shape index (κ3) is 6.77. The first-order valence-corrected chi connectivity index (χ1v) is 9.01. The maximum atomic E-state index is 10.4. The van der Waals surface area contributed by atoms with E-state index in [1.165, 1.54) is 5.56 Å². The van der Waals surface area contributed by atoms with Crippen LogP contribution < -0.4 is 9.47 Å². The molecular weight excluding hydrogens is 314 g/mol. The third-order valence-electron chi connectivity index (χ3n) is 3.84. The van der Waals surface area contributed by atoms with Crippen LogP contribution in [0.2, 0.25) is 0 Å². The van der Waals surface area contributed by atoms with Crippen LogP contribution in [-0.2, 0) is 6.54 Å². The molecule has 0 heterocycles. The highest BCUT2D eigenvalue weighted by Gasteiger charge is 2.13. The van der Waals surface area contributed by atoms with Crippen LogP contribution >= 0.6 is 0 Å². The summed E-state index contributed by atoms with van der Waals surface area (Å²) < 4.78 is 11.3. The number of para-hydroxylation sites is 2. The lowest BCUT2D eigenvalue weighted by Crippen LogP contribution is -2.35.